The molecule has 2 atom stereocenters. The summed E-state index contributed by atoms with van der Waals surface area (Å²) in [5.74, 6) is -1.46. The van der Waals surface area contributed by atoms with E-state index in [0.29, 0.717) is 13.0 Å². The minimum absolute atomic E-state index is 0.136. The average Bonchev–Trinajstić information content (AvgIpc) is 2.18. The molecule has 0 aromatic carbocycles. The van der Waals surface area contributed by atoms with E-state index in [9.17, 15) is 13.2 Å². The second-order valence-electron chi connectivity index (χ2n) is 3.52. The second-order valence-corrected chi connectivity index (χ2v) is 4.17. The fourth-order valence-corrected chi connectivity index (χ4v) is 1.85. The van der Waals surface area contributed by atoms with Crippen molar-refractivity contribution in [1.29, 1.82) is 0 Å². The SMILES string of the molecule is FC(F)(F)[C@H](CBr)COC1CCCCO1. The van der Waals surface area contributed by atoms with E-state index in [1.54, 1.807) is 0 Å². The van der Waals surface area contributed by atoms with Crippen molar-refractivity contribution in [2.45, 2.75) is 31.7 Å². The monoisotopic (exact) mass is 290 g/mol. The molecule has 1 unspecified atom stereocenters. The van der Waals surface area contributed by atoms with Crippen molar-refractivity contribution in [3.8, 4) is 0 Å². The lowest BCUT2D eigenvalue weighted by Gasteiger charge is -2.25. The van der Waals surface area contributed by atoms with E-state index >= 15 is 0 Å². The van der Waals surface area contributed by atoms with Gasteiger partial charge in [-0.1, -0.05) is 15.9 Å². The molecular weight excluding hydrogens is 277 g/mol. The first-order chi connectivity index (χ1) is 7.04. The lowest BCUT2D eigenvalue weighted by molar-refractivity contribution is -0.216. The third-order valence-electron chi connectivity index (χ3n) is 2.27. The molecule has 0 amide bonds. The fraction of sp³-hybridized carbons (Fsp3) is 1.00. The highest BCUT2D eigenvalue weighted by atomic mass is 79.9. The maximum atomic E-state index is 12.3. The van der Waals surface area contributed by atoms with Gasteiger partial charge in [-0.15, -0.1) is 0 Å². The number of alkyl halides is 4. The van der Waals surface area contributed by atoms with E-state index in [-0.39, 0.29) is 11.9 Å². The van der Waals surface area contributed by atoms with Gasteiger partial charge in [0, 0.05) is 11.9 Å². The van der Waals surface area contributed by atoms with E-state index < -0.39 is 18.4 Å². The van der Waals surface area contributed by atoms with Crippen molar-refractivity contribution in [3.63, 3.8) is 0 Å². The Balaban J connectivity index is 2.27. The maximum Gasteiger partial charge on any atom is 0.394 e. The summed E-state index contributed by atoms with van der Waals surface area (Å²) in [7, 11) is 0. The normalized spacial score (nSPS) is 25.2. The van der Waals surface area contributed by atoms with Crippen LogP contribution >= 0.6 is 15.9 Å². The van der Waals surface area contributed by atoms with Gasteiger partial charge < -0.3 is 9.47 Å². The van der Waals surface area contributed by atoms with E-state index in [0.717, 1.165) is 12.8 Å². The quantitative estimate of drug-likeness (QED) is 0.741. The molecule has 2 nitrogen and oxygen atoms in total. The molecule has 0 aliphatic carbocycles. The Hall–Kier alpha value is 0.190. The molecule has 1 aliphatic rings. The molecule has 1 rings (SSSR count). The summed E-state index contributed by atoms with van der Waals surface area (Å²) in [5.41, 5.74) is 0. The Labute approximate surface area is 95.2 Å². The predicted molar refractivity (Wildman–Crippen MR) is 52.9 cm³/mol. The van der Waals surface area contributed by atoms with Crippen LogP contribution in [0.2, 0.25) is 0 Å². The molecule has 0 N–H and O–H groups in total. The molecule has 90 valence electrons. The average molecular weight is 291 g/mol. The number of halogens is 4. The van der Waals surface area contributed by atoms with Crippen LogP contribution in [-0.4, -0.2) is 31.0 Å². The van der Waals surface area contributed by atoms with Gasteiger partial charge in [0.1, 0.15) is 0 Å². The molecule has 0 radical (unpaired) electrons. The molecule has 6 heteroatoms. The van der Waals surface area contributed by atoms with Crippen molar-refractivity contribution in [3.05, 3.63) is 0 Å². The topological polar surface area (TPSA) is 18.5 Å². The molecule has 0 saturated carbocycles. The van der Waals surface area contributed by atoms with Gasteiger partial charge in [0.05, 0.1) is 12.5 Å². The number of rotatable bonds is 4. The molecular formula is C9H14BrF3O2. The van der Waals surface area contributed by atoms with Crippen LogP contribution in [0.25, 0.3) is 0 Å². The smallest absolute Gasteiger partial charge is 0.353 e. The highest BCUT2D eigenvalue weighted by Gasteiger charge is 2.39. The second kappa shape index (κ2) is 6.06. The van der Waals surface area contributed by atoms with Crippen LogP contribution < -0.4 is 0 Å². The molecule has 0 aromatic rings. The van der Waals surface area contributed by atoms with E-state index in [4.69, 9.17) is 9.47 Å². The Morgan fingerprint density at radius 1 is 1.40 bits per heavy atom. The molecule has 1 heterocycles. The van der Waals surface area contributed by atoms with E-state index in [2.05, 4.69) is 15.9 Å². The first kappa shape index (κ1) is 13.3. The summed E-state index contributed by atoms with van der Waals surface area (Å²) in [6.45, 7) is 0.245. The number of hydrogen-bond acceptors (Lipinski definition) is 2. The summed E-state index contributed by atoms with van der Waals surface area (Å²) < 4.78 is 47.2. The number of ether oxygens (including phenoxy) is 2. The van der Waals surface area contributed by atoms with Crippen molar-refractivity contribution in [2.75, 3.05) is 18.5 Å². The van der Waals surface area contributed by atoms with Gasteiger partial charge in [-0.2, -0.15) is 13.2 Å². The first-order valence-corrected chi connectivity index (χ1v) is 6.02. The third-order valence-corrected chi connectivity index (χ3v) is 3.05. The minimum atomic E-state index is -4.21. The number of hydrogen-bond donors (Lipinski definition) is 0. The molecule has 0 aromatic heterocycles. The van der Waals surface area contributed by atoms with Gasteiger partial charge in [0.2, 0.25) is 0 Å². The summed E-state index contributed by atoms with van der Waals surface area (Å²) >= 11 is 2.84. The Morgan fingerprint density at radius 3 is 2.60 bits per heavy atom. The van der Waals surface area contributed by atoms with Crippen molar-refractivity contribution >= 4 is 15.9 Å². The van der Waals surface area contributed by atoms with Crippen LogP contribution in [0, 0.1) is 5.92 Å². The fourth-order valence-electron chi connectivity index (χ4n) is 1.29. The zero-order chi connectivity index (χ0) is 11.3. The van der Waals surface area contributed by atoms with Gasteiger partial charge >= 0.3 is 6.18 Å². The maximum absolute atomic E-state index is 12.3. The highest BCUT2D eigenvalue weighted by Crippen LogP contribution is 2.28. The Morgan fingerprint density at radius 2 is 2.13 bits per heavy atom. The molecule has 15 heavy (non-hydrogen) atoms. The Kier molecular flexibility index (Phi) is 5.35. The molecule has 1 fully saturated rings. The summed E-state index contributed by atoms with van der Waals surface area (Å²) in [4.78, 5) is 0. The lowest BCUT2D eigenvalue weighted by Crippen LogP contribution is -2.32. The minimum Gasteiger partial charge on any atom is -0.353 e. The van der Waals surface area contributed by atoms with Crippen molar-refractivity contribution < 1.29 is 22.6 Å². The van der Waals surface area contributed by atoms with Crippen LogP contribution in [0.4, 0.5) is 13.2 Å². The molecule has 0 spiro atoms. The standard InChI is InChI=1S/C9H14BrF3O2/c10-5-7(9(11,12)13)6-15-8-3-1-2-4-14-8/h7-8H,1-6H2/t7-,8?/m1/s1. The van der Waals surface area contributed by atoms with Crippen LogP contribution in [0.15, 0.2) is 0 Å². The zero-order valence-electron chi connectivity index (χ0n) is 8.23. The lowest BCUT2D eigenvalue weighted by atomic mass is 10.2. The molecule has 1 saturated heterocycles. The van der Waals surface area contributed by atoms with Crippen LogP contribution in [0.5, 0.6) is 0 Å². The third kappa shape index (κ3) is 4.70. The summed E-state index contributed by atoms with van der Waals surface area (Å²) in [6.07, 6.45) is -2.07. The van der Waals surface area contributed by atoms with Gasteiger partial charge in [0.25, 0.3) is 0 Å². The van der Waals surface area contributed by atoms with E-state index in [1.165, 1.54) is 0 Å². The van der Waals surface area contributed by atoms with E-state index in [1.807, 2.05) is 0 Å². The van der Waals surface area contributed by atoms with Crippen molar-refractivity contribution in [1.82, 2.24) is 0 Å². The Bertz CT molecular complexity index is 181. The largest absolute Gasteiger partial charge is 0.394 e. The predicted octanol–water partition coefficient (Wildman–Crippen LogP) is 3.10. The summed E-state index contributed by atoms with van der Waals surface area (Å²) in [5, 5.41) is -0.136. The zero-order valence-corrected chi connectivity index (χ0v) is 9.81. The van der Waals surface area contributed by atoms with Gasteiger partial charge in [-0.25, -0.2) is 0 Å². The van der Waals surface area contributed by atoms with Crippen LogP contribution in [0.3, 0.4) is 0 Å². The molecule has 0 bridgehead atoms. The van der Waals surface area contributed by atoms with Gasteiger partial charge in [0.15, 0.2) is 6.29 Å². The molecule has 1 aliphatic heterocycles. The van der Waals surface area contributed by atoms with Crippen molar-refractivity contribution in [2.24, 2.45) is 5.92 Å². The van der Waals surface area contributed by atoms with Crippen LogP contribution in [-0.2, 0) is 9.47 Å². The highest BCUT2D eigenvalue weighted by molar-refractivity contribution is 9.09. The van der Waals surface area contributed by atoms with Gasteiger partial charge in [-0.3, -0.25) is 0 Å². The van der Waals surface area contributed by atoms with Gasteiger partial charge in [-0.05, 0) is 19.3 Å². The summed E-state index contributed by atoms with van der Waals surface area (Å²) in [6, 6.07) is 0. The first-order valence-electron chi connectivity index (χ1n) is 4.90. The van der Waals surface area contributed by atoms with Crippen LogP contribution in [0.1, 0.15) is 19.3 Å².